The topological polar surface area (TPSA) is 109 Å². The summed E-state index contributed by atoms with van der Waals surface area (Å²) < 4.78 is 5.28. The van der Waals surface area contributed by atoms with Crippen LogP contribution >= 0.6 is 0 Å². The number of rotatable bonds is 5. The van der Waals surface area contributed by atoms with Gasteiger partial charge in [-0.25, -0.2) is 4.79 Å². The van der Waals surface area contributed by atoms with Crippen LogP contribution in [0.5, 0.6) is 5.75 Å². The Morgan fingerprint density at radius 1 is 1.21 bits per heavy atom. The van der Waals surface area contributed by atoms with Crippen LogP contribution in [0, 0.1) is 6.92 Å². The van der Waals surface area contributed by atoms with E-state index >= 15 is 0 Å². The maximum atomic E-state index is 12.9. The fourth-order valence-electron chi connectivity index (χ4n) is 3.26. The molecule has 1 aliphatic rings. The molecule has 28 heavy (non-hydrogen) atoms. The molecule has 146 valence electrons. The van der Waals surface area contributed by atoms with Crippen LogP contribution in [0.2, 0.25) is 0 Å². The van der Waals surface area contributed by atoms with Crippen molar-refractivity contribution in [3.05, 3.63) is 53.3 Å². The van der Waals surface area contributed by atoms with E-state index in [-0.39, 0.29) is 17.0 Å². The average Bonchev–Trinajstić information content (AvgIpc) is 3.17. The van der Waals surface area contributed by atoms with Crippen LogP contribution in [0.3, 0.4) is 0 Å². The van der Waals surface area contributed by atoms with E-state index in [1.807, 2.05) is 13.0 Å². The first-order valence-corrected chi connectivity index (χ1v) is 8.85. The molecule has 8 nitrogen and oxygen atoms in total. The molecule has 1 aliphatic heterocycles. The number of anilines is 1. The van der Waals surface area contributed by atoms with Gasteiger partial charge >= 0.3 is 5.97 Å². The van der Waals surface area contributed by atoms with Crippen molar-refractivity contribution in [3.63, 3.8) is 0 Å². The van der Waals surface area contributed by atoms with E-state index in [4.69, 9.17) is 9.84 Å². The molecule has 1 atom stereocenters. The summed E-state index contributed by atoms with van der Waals surface area (Å²) in [6, 6.07) is 6.08. The second-order valence-corrected chi connectivity index (χ2v) is 6.62. The number of carboxylic acids is 1. The Morgan fingerprint density at radius 2 is 1.96 bits per heavy atom. The average molecular weight is 383 g/mol. The van der Waals surface area contributed by atoms with E-state index in [2.05, 4.69) is 10.3 Å². The minimum Gasteiger partial charge on any atom is -0.495 e. The summed E-state index contributed by atoms with van der Waals surface area (Å²) in [6.45, 7) is 2.32. The van der Waals surface area contributed by atoms with Gasteiger partial charge in [-0.2, -0.15) is 0 Å². The molecule has 1 fully saturated rings. The summed E-state index contributed by atoms with van der Waals surface area (Å²) in [4.78, 5) is 42.1. The summed E-state index contributed by atoms with van der Waals surface area (Å²) in [6.07, 6.45) is 3.70. The van der Waals surface area contributed by atoms with Crippen molar-refractivity contribution in [2.75, 3.05) is 19.0 Å². The Balaban J connectivity index is 1.80. The van der Waals surface area contributed by atoms with Crippen molar-refractivity contribution in [1.29, 1.82) is 0 Å². The number of benzene rings is 1. The predicted molar refractivity (Wildman–Crippen MR) is 102 cm³/mol. The van der Waals surface area contributed by atoms with Gasteiger partial charge in [-0.1, -0.05) is 6.07 Å². The quantitative estimate of drug-likeness (QED) is 0.820. The first-order chi connectivity index (χ1) is 13.4. The number of pyridine rings is 1. The lowest BCUT2D eigenvalue weighted by molar-refractivity contribution is -0.119. The molecule has 1 aromatic heterocycles. The van der Waals surface area contributed by atoms with Gasteiger partial charge in [-0.3, -0.25) is 14.6 Å². The predicted octanol–water partition coefficient (Wildman–Crippen LogP) is 2.34. The van der Waals surface area contributed by atoms with Gasteiger partial charge < -0.3 is 20.1 Å². The first kappa shape index (κ1) is 19.3. The number of carboxylic acid groups (broad SMARTS) is 1. The largest absolute Gasteiger partial charge is 0.495 e. The molecule has 0 bridgehead atoms. The molecule has 1 unspecified atom stereocenters. The number of amides is 2. The number of nitrogens with zero attached hydrogens (tertiary/aromatic N) is 2. The first-order valence-electron chi connectivity index (χ1n) is 8.85. The van der Waals surface area contributed by atoms with Gasteiger partial charge in [-0.15, -0.1) is 0 Å². The third kappa shape index (κ3) is 3.95. The summed E-state index contributed by atoms with van der Waals surface area (Å²) in [5.41, 5.74) is 1.58. The molecule has 1 aromatic carbocycles. The fourth-order valence-corrected chi connectivity index (χ4v) is 3.26. The van der Waals surface area contributed by atoms with Gasteiger partial charge in [0.05, 0.1) is 23.9 Å². The summed E-state index contributed by atoms with van der Waals surface area (Å²) in [7, 11) is 1.52. The van der Waals surface area contributed by atoms with Crippen LogP contribution in [0.25, 0.3) is 0 Å². The Morgan fingerprint density at radius 3 is 2.68 bits per heavy atom. The van der Waals surface area contributed by atoms with Crippen molar-refractivity contribution in [3.8, 4) is 5.75 Å². The van der Waals surface area contributed by atoms with Gasteiger partial charge in [0.25, 0.3) is 5.91 Å². The molecule has 0 saturated carbocycles. The smallest absolute Gasteiger partial charge is 0.337 e. The lowest BCUT2D eigenvalue weighted by Crippen LogP contribution is -2.43. The minimum absolute atomic E-state index is 0.0736. The molecule has 0 aliphatic carbocycles. The Labute approximate surface area is 162 Å². The molecule has 8 heteroatoms. The van der Waals surface area contributed by atoms with Crippen molar-refractivity contribution >= 4 is 23.5 Å². The van der Waals surface area contributed by atoms with Crippen LogP contribution in [0.4, 0.5) is 5.69 Å². The number of carbonyl (C=O) groups is 3. The van der Waals surface area contributed by atoms with Gasteiger partial charge in [0.1, 0.15) is 11.8 Å². The highest BCUT2D eigenvalue weighted by molar-refractivity contribution is 6.02. The molecular weight excluding hydrogens is 362 g/mol. The maximum Gasteiger partial charge on any atom is 0.337 e. The van der Waals surface area contributed by atoms with E-state index in [0.717, 1.165) is 5.56 Å². The maximum absolute atomic E-state index is 12.9. The fraction of sp³-hybridized carbons (Fsp3) is 0.300. The number of hydrogen-bond donors (Lipinski definition) is 2. The molecular formula is C20H21N3O5. The van der Waals surface area contributed by atoms with Gasteiger partial charge in [0.15, 0.2) is 0 Å². The van der Waals surface area contributed by atoms with Crippen molar-refractivity contribution in [2.45, 2.75) is 25.8 Å². The number of ether oxygens (including phenoxy) is 1. The Hall–Kier alpha value is -3.42. The highest BCUT2D eigenvalue weighted by Gasteiger charge is 2.35. The molecule has 0 radical (unpaired) electrons. The zero-order valence-corrected chi connectivity index (χ0v) is 15.6. The SMILES string of the molecule is COc1ccc(C)cc1NC(=O)C1CCCN1C(=O)c1cncc(C(=O)O)c1. The lowest BCUT2D eigenvalue weighted by atomic mass is 10.1. The lowest BCUT2D eigenvalue weighted by Gasteiger charge is -2.24. The van der Waals surface area contributed by atoms with Gasteiger partial charge in [-0.05, 0) is 43.5 Å². The summed E-state index contributed by atoms with van der Waals surface area (Å²) in [5, 5.41) is 11.9. The molecule has 2 N–H and O–H groups in total. The molecule has 2 aromatic rings. The number of aromatic carboxylic acids is 1. The van der Waals surface area contributed by atoms with Crippen molar-refractivity contribution < 1.29 is 24.2 Å². The summed E-state index contributed by atoms with van der Waals surface area (Å²) >= 11 is 0. The van der Waals surface area contributed by atoms with Crippen LogP contribution < -0.4 is 10.1 Å². The standard InChI is InChI=1S/C20H21N3O5/c1-12-5-6-17(28-2)15(8-12)22-18(24)16-4-3-7-23(16)19(25)13-9-14(20(26)27)11-21-10-13/h5-6,8-11,16H,3-4,7H2,1-2H3,(H,22,24)(H,26,27). The third-order valence-corrected chi connectivity index (χ3v) is 4.66. The highest BCUT2D eigenvalue weighted by Crippen LogP contribution is 2.27. The van der Waals surface area contributed by atoms with Gasteiger partial charge in [0, 0.05) is 18.9 Å². The van der Waals surface area contributed by atoms with E-state index in [1.165, 1.54) is 30.5 Å². The van der Waals surface area contributed by atoms with E-state index < -0.39 is 17.9 Å². The number of carbonyl (C=O) groups excluding carboxylic acids is 2. The van der Waals surface area contributed by atoms with Crippen LogP contribution in [-0.2, 0) is 4.79 Å². The van der Waals surface area contributed by atoms with Crippen LogP contribution in [0.1, 0.15) is 39.1 Å². The Kier molecular flexibility index (Phi) is 5.58. The second kappa shape index (κ2) is 8.08. The number of methoxy groups -OCH3 is 1. The number of nitrogens with one attached hydrogen (secondary N) is 1. The molecule has 2 heterocycles. The van der Waals surface area contributed by atoms with E-state index in [9.17, 15) is 14.4 Å². The third-order valence-electron chi connectivity index (χ3n) is 4.66. The molecule has 0 spiro atoms. The van der Waals surface area contributed by atoms with Crippen LogP contribution in [0.15, 0.2) is 36.7 Å². The summed E-state index contributed by atoms with van der Waals surface area (Å²) in [5.74, 6) is -1.35. The molecule has 1 saturated heterocycles. The number of hydrogen-bond acceptors (Lipinski definition) is 5. The Bertz CT molecular complexity index is 928. The van der Waals surface area contributed by atoms with Gasteiger partial charge in [0.2, 0.25) is 5.91 Å². The number of likely N-dealkylation sites (tertiary alicyclic amines) is 1. The molecule has 2 amide bonds. The van der Waals surface area contributed by atoms with Crippen molar-refractivity contribution in [2.24, 2.45) is 0 Å². The number of aryl methyl sites for hydroxylation is 1. The zero-order chi connectivity index (χ0) is 20.3. The van der Waals surface area contributed by atoms with E-state index in [0.29, 0.717) is 30.8 Å². The monoisotopic (exact) mass is 383 g/mol. The normalized spacial score (nSPS) is 15.9. The van der Waals surface area contributed by atoms with Crippen molar-refractivity contribution in [1.82, 2.24) is 9.88 Å². The van der Waals surface area contributed by atoms with Crippen LogP contribution in [-0.4, -0.2) is 52.5 Å². The molecule has 3 rings (SSSR count). The highest BCUT2D eigenvalue weighted by atomic mass is 16.5. The minimum atomic E-state index is -1.16. The second-order valence-electron chi connectivity index (χ2n) is 6.62. The number of aromatic nitrogens is 1. The van der Waals surface area contributed by atoms with E-state index in [1.54, 1.807) is 12.1 Å². The zero-order valence-electron chi connectivity index (χ0n) is 15.6.